The Morgan fingerprint density at radius 2 is 1.74 bits per heavy atom. The van der Waals surface area contributed by atoms with Gasteiger partial charge in [0, 0.05) is 12.3 Å². The van der Waals surface area contributed by atoms with E-state index in [1.807, 2.05) is 0 Å². The predicted octanol–water partition coefficient (Wildman–Crippen LogP) is 3.98. The summed E-state index contributed by atoms with van der Waals surface area (Å²) < 4.78 is 26.5. The second-order valence-electron chi connectivity index (χ2n) is 3.95. The first-order valence-electron chi connectivity index (χ1n) is 5.45. The monoisotopic (exact) mass is 302 g/mol. The Labute approximate surface area is 119 Å². The molecule has 6 heteroatoms. The molecule has 1 unspecified atom stereocenters. The molecule has 0 bridgehead atoms. The number of hydrogen-bond acceptors (Lipinski definition) is 2. The first-order chi connectivity index (χ1) is 9.01. The van der Waals surface area contributed by atoms with Crippen molar-refractivity contribution in [1.29, 1.82) is 0 Å². The van der Waals surface area contributed by atoms with E-state index in [4.69, 9.17) is 23.2 Å². The molecule has 0 aliphatic heterocycles. The van der Waals surface area contributed by atoms with Crippen LogP contribution in [0, 0.1) is 11.6 Å². The Bertz CT molecular complexity index is 585. The lowest BCUT2D eigenvalue weighted by Gasteiger charge is -2.17. The SMILES string of the molecule is CNC(c1cc(F)cc(F)c1)c1ncc(Cl)cc1Cl. The Morgan fingerprint density at radius 1 is 1.11 bits per heavy atom. The highest BCUT2D eigenvalue weighted by atomic mass is 35.5. The molecular weight excluding hydrogens is 293 g/mol. The molecule has 0 saturated heterocycles. The summed E-state index contributed by atoms with van der Waals surface area (Å²) in [4.78, 5) is 4.11. The van der Waals surface area contributed by atoms with Crippen molar-refractivity contribution in [3.05, 3.63) is 63.4 Å². The van der Waals surface area contributed by atoms with E-state index in [-0.39, 0.29) is 0 Å². The van der Waals surface area contributed by atoms with Gasteiger partial charge in [-0.3, -0.25) is 4.98 Å². The van der Waals surface area contributed by atoms with Gasteiger partial charge in [-0.25, -0.2) is 8.78 Å². The molecule has 1 heterocycles. The summed E-state index contributed by atoms with van der Waals surface area (Å²) in [6, 6.07) is 4.29. The molecule has 0 amide bonds. The number of pyridine rings is 1. The minimum Gasteiger partial charge on any atom is -0.308 e. The lowest BCUT2D eigenvalue weighted by molar-refractivity contribution is 0.570. The fourth-order valence-electron chi connectivity index (χ4n) is 1.84. The fourth-order valence-corrected chi connectivity index (χ4v) is 2.33. The van der Waals surface area contributed by atoms with Gasteiger partial charge in [-0.15, -0.1) is 0 Å². The Balaban J connectivity index is 2.49. The normalized spacial score (nSPS) is 12.5. The van der Waals surface area contributed by atoms with Crippen LogP contribution in [0.4, 0.5) is 8.78 Å². The van der Waals surface area contributed by atoms with Gasteiger partial charge in [-0.05, 0) is 30.8 Å². The smallest absolute Gasteiger partial charge is 0.126 e. The van der Waals surface area contributed by atoms with Crippen LogP contribution in [-0.4, -0.2) is 12.0 Å². The van der Waals surface area contributed by atoms with Crippen LogP contribution >= 0.6 is 23.2 Å². The van der Waals surface area contributed by atoms with Crippen molar-refractivity contribution in [2.24, 2.45) is 0 Å². The Kier molecular flexibility index (Phi) is 4.34. The van der Waals surface area contributed by atoms with Gasteiger partial charge >= 0.3 is 0 Å². The van der Waals surface area contributed by atoms with Crippen LogP contribution < -0.4 is 5.32 Å². The van der Waals surface area contributed by atoms with Gasteiger partial charge in [0.25, 0.3) is 0 Å². The van der Waals surface area contributed by atoms with Gasteiger partial charge in [-0.2, -0.15) is 0 Å². The van der Waals surface area contributed by atoms with E-state index < -0.39 is 17.7 Å². The van der Waals surface area contributed by atoms with Crippen LogP contribution in [0.25, 0.3) is 0 Å². The summed E-state index contributed by atoms with van der Waals surface area (Å²) >= 11 is 11.8. The van der Waals surface area contributed by atoms with Gasteiger partial charge in [0.1, 0.15) is 11.6 Å². The van der Waals surface area contributed by atoms with Crippen LogP contribution in [0.1, 0.15) is 17.3 Å². The predicted molar refractivity (Wildman–Crippen MR) is 71.5 cm³/mol. The molecular formula is C13H10Cl2F2N2. The van der Waals surface area contributed by atoms with E-state index >= 15 is 0 Å². The first kappa shape index (κ1) is 14.2. The van der Waals surface area contributed by atoms with Gasteiger partial charge in [-0.1, -0.05) is 23.2 Å². The number of nitrogens with one attached hydrogen (secondary N) is 1. The van der Waals surface area contributed by atoms with Crippen molar-refractivity contribution in [2.45, 2.75) is 6.04 Å². The molecule has 0 saturated carbocycles. The first-order valence-corrected chi connectivity index (χ1v) is 6.21. The van der Waals surface area contributed by atoms with Crippen molar-refractivity contribution in [3.8, 4) is 0 Å². The van der Waals surface area contributed by atoms with Crippen LogP contribution in [0.15, 0.2) is 30.5 Å². The minimum absolute atomic E-state index is 0.330. The van der Waals surface area contributed by atoms with E-state index in [9.17, 15) is 8.78 Å². The van der Waals surface area contributed by atoms with Crippen molar-refractivity contribution < 1.29 is 8.78 Å². The Hall–Kier alpha value is -1.23. The molecule has 1 aromatic carbocycles. The number of nitrogens with zero attached hydrogens (tertiary/aromatic N) is 1. The number of hydrogen-bond donors (Lipinski definition) is 1. The van der Waals surface area contributed by atoms with E-state index in [1.54, 1.807) is 7.05 Å². The minimum atomic E-state index is -0.652. The molecule has 0 radical (unpaired) electrons. The molecule has 1 N–H and O–H groups in total. The maximum Gasteiger partial charge on any atom is 0.126 e. The fraction of sp³-hybridized carbons (Fsp3) is 0.154. The zero-order valence-electron chi connectivity index (χ0n) is 9.92. The number of aromatic nitrogens is 1. The summed E-state index contributed by atoms with van der Waals surface area (Å²) in [6.45, 7) is 0. The summed E-state index contributed by atoms with van der Waals surface area (Å²) in [5.74, 6) is -1.30. The van der Waals surface area contributed by atoms with E-state index in [1.165, 1.54) is 24.4 Å². The zero-order chi connectivity index (χ0) is 14.0. The van der Waals surface area contributed by atoms with Crippen molar-refractivity contribution in [1.82, 2.24) is 10.3 Å². The molecule has 2 aromatic rings. The molecule has 0 aliphatic rings. The molecule has 0 spiro atoms. The highest BCUT2D eigenvalue weighted by Crippen LogP contribution is 2.28. The maximum atomic E-state index is 13.3. The van der Waals surface area contributed by atoms with Crippen LogP contribution in [0.5, 0.6) is 0 Å². The summed E-state index contributed by atoms with van der Waals surface area (Å²) in [7, 11) is 1.65. The maximum absolute atomic E-state index is 13.3. The molecule has 19 heavy (non-hydrogen) atoms. The summed E-state index contributed by atoms with van der Waals surface area (Å²) in [5, 5.41) is 3.65. The van der Waals surface area contributed by atoms with Crippen molar-refractivity contribution >= 4 is 23.2 Å². The second kappa shape index (κ2) is 5.82. The highest BCUT2D eigenvalue weighted by molar-refractivity contribution is 6.34. The van der Waals surface area contributed by atoms with E-state index in [0.29, 0.717) is 21.3 Å². The van der Waals surface area contributed by atoms with Crippen molar-refractivity contribution in [3.63, 3.8) is 0 Å². The molecule has 100 valence electrons. The van der Waals surface area contributed by atoms with Gasteiger partial charge in [0.05, 0.1) is 21.8 Å². The topological polar surface area (TPSA) is 24.9 Å². The lowest BCUT2D eigenvalue weighted by Crippen LogP contribution is -2.19. The molecule has 1 atom stereocenters. The average Bonchev–Trinajstić information content (AvgIpc) is 2.31. The number of benzene rings is 1. The van der Waals surface area contributed by atoms with Gasteiger partial charge in [0.15, 0.2) is 0 Å². The second-order valence-corrected chi connectivity index (χ2v) is 4.79. The van der Waals surface area contributed by atoms with Crippen LogP contribution in [0.3, 0.4) is 0 Å². The van der Waals surface area contributed by atoms with E-state index in [2.05, 4.69) is 10.3 Å². The average molecular weight is 303 g/mol. The van der Waals surface area contributed by atoms with Crippen molar-refractivity contribution in [2.75, 3.05) is 7.05 Å². The van der Waals surface area contributed by atoms with Crippen LogP contribution in [-0.2, 0) is 0 Å². The largest absolute Gasteiger partial charge is 0.308 e. The number of halogens is 4. The zero-order valence-corrected chi connectivity index (χ0v) is 11.4. The molecule has 0 fully saturated rings. The Morgan fingerprint density at radius 3 is 2.26 bits per heavy atom. The van der Waals surface area contributed by atoms with Gasteiger partial charge in [0.2, 0.25) is 0 Å². The molecule has 2 nitrogen and oxygen atoms in total. The quantitative estimate of drug-likeness (QED) is 0.928. The van der Waals surface area contributed by atoms with Gasteiger partial charge < -0.3 is 5.32 Å². The lowest BCUT2D eigenvalue weighted by atomic mass is 10.0. The molecule has 2 rings (SSSR count). The van der Waals surface area contributed by atoms with E-state index in [0.717, 1.165) is 6.07 Å². The summed E-state index contributed by atoms with van der Waals surface area (Å²) in [5.41, 5.74) is 0.857. The third-order valence-corrected chi connectivity index (χ3v) is 3.13. The molecule has 1 aromatic heterocycles. The summed E-state index contributed by atoms with van der Waals surface area (Å²) in [6.07, 6.45) is 1.43. The van der Waals surface area contributed by atoms with Crippen LogP contribution in [0.2, 0.25) is 10.0 Å². The number of rotatable bonds is 3. The highest BCUT2D eigenvalue weighted by Gasteiger charge is 2.18. The standard InChI is InChI=1S/C13H10Cl2F2N2/c1-18-12(7-2-9(16)5-10(17)3-7)13-11(15)4-8(14)6-19-13/h2-6,12,18H,1H3. The third-order valence-electron chi connectivity index (χ3n) is 2.62. The molecule has 0 aliphatic carbocycles. The third kappa shape index (κ3) is 3.21.